The van der Waals surface area contributed by atoms with Gasteiger partial charge in [0.15, 0.2) is 0 Å². The second kappa shape index (κ2) is 7.37. The topological polar surface area (TPSA) is 20.2 Å². The fourth-order valence-electron chi connectivity index (χ4n) is 2.73. The van der Waals surface area contributed by atoms with Crippen LogP contribution in [-0.2, 0) is 0 Å². The van der Waals surface area contributed by atoms with Crippen LogP contribution >= 0.6 is 0 Å². The summed E-state index contributed by atoms with van der Waals surface area (Å²) in [7, 11) is 0. The number of hydrogen-bond acceptors (Lipinski definition) is 1. The molecule has 1 aromatic rings. The number of phenols is 1. The first-order chi connectivity index (χ1) is 8.24. The van der Waals surface area contributed by atoms with Gasteiger partial charge in [0.05, 0.1) is 0 Å². The third-order valence-corrected chi connectivity index (χ3v) is 3.82. The normalized spacial score (nSPS) is 12.9. The van der Waals surface area contributed by atoms with Crippen LogP contribution in [0, 0.1) is 5.92 Å². The van der Waals surface area contributed by atoms with Crippen molar-refractivity contribution in [2.45, 2.75) is 58.8 Å². The molecule has 0 bridgehead atoms. The zero-order valence-electron chi connectivity index (χ0n) is 11.4. The molecule has 17 heavy (non-hydrogen) atoms. The molecule has 0 spiro atoms. The van der Waals surface area contributed by atoms with Gasteiger partial charge in [-0.15, -0.1) is 0 Å². The summed E-state index contributed by atoms with van der Waals surface area (Å²) in [6.07, 6.45) is 6.05. The Kier molecular flexibility index (Phi) is 6.10. The monoisotopic (exact) mass is 234 g/mol. The second-order valence-electron chi connectivity index (χ2n) is 4.88. The van der Waals surface area contributed by atoms with Crippen molar-refractivity contribution in [2.24, 2.45) is 5.92 Å². The van der Waals surface area contributed by atoms with E-state index in [0.717, 1.165) is 5.56 Å². The fourth-order valence-corrected chi connectivity index (χ4v) is 2.73. The third-order valence-electron chi connectivity index (χ3n) is 3.82. The van der Waals surface area contributed by atoms with Gasteiger partial charge >= 0.3 is 0 Å². The molecule has 0 aliphatic rings. The minimum absolute atomic E-state index is 0.473. The first-order valence-electron chi connectivity index (χ1n) is 7.02. The van der Waals surface area contributed by atoms with Crippen molar-refractivity contribution in [1.82, 2.24) is 0 Å². The van der Waals surface area contributed by atoms with Gasteiger partial charge in [-0.2, -0.15) is 0 Å². The lowest BCUT2D eigenvalue weighted by Gasteiger charge is -2.26. The summed E-state index contributed by atoms with van der Waals surface area (Å²) >= 11 is 0. The van der Waals surface area contributed by atoms with Gasteiger partial charge in [-0.05, 0) is 29.9 Å². The smallest absolute Gasteiger partial charge is 0.119 e. The summed E-state index contributed by atoms with van der Waals surface area (Å²) in [6.45, 7) is 6.75. The number of benzene rings is 1. The molecule has 0 amide bonds. The Morgan fingerprint density at radius 2 is 1.71 bits per heavy atom. The molecular weight excluding hydrogens is 208 g/mol. The van der Waals surface area contributed by atoms with Crippen molar-refractivity contribution in [3.63, 3.8) is 0 Å². The van der Waals surface area contributed by atoms with Crippen molar-refractivity contribution in [3.05, 3.63) is 29.8 Å². The summed E-state index contributed by atoms with van der Waals surface area (Å²) < 4.78 is 0. The average Bonchev–Trinajstić information content (AvgIpc) is 2.36. The maximum absolute atomic E-state index is 10.0. The molecule has 0 heterocycles. The molecule has 1 rings (SSSR count). The molecule has 0 saturated heterocycles. The van der Waals surface area contributed by atoms with Gasteiger partial charge in [0.1, 0.15) is 5.75 Å². The maximum Gasteiger partial charge on any atom is 0.119 e. The van der Waals surface area contributed by atoms with E-state index in [1.807, 2.05) is 18.2 Å². The number of rotatable bonds is 7. The van der Waals surface area contributed by atoms with Gasteiger partial charge in [0.25, 0.3) is 0 Å². The minimum Gasteiger partial charge on any atom is -0.508 e. The highest BCUT2D eigenvalue weighted by atomic mass is 16.3. The van der Waals surface area contributed by atoms with Gasteiger partial charge in [-0.3, -0.25) is 0 Å². The molecule has 0 aliphatic carbocycles. The van der Waals surface area contributed by atoms with Crippen molar-refractivity contribution in [1.29, 1.82) is 0 Å². The van der Waals surface area contributed by atoms with E-state index in [-0.39, 0.29) is 0 Å². The molecule has 0 aliphatic heterocycles. The summed E-state index contributed by atoms with van der Waals surface area (Å²) in [6, 6.07) is 7.85. The molecule has 1 unspecified atom stereocenters. The van der Waals surface area contributed by atoms with E-state index in [2.05, 4.69) is 26.8 Å². The molecule has 0 fully saturated rings. The number of aromatic hydroxyl groups is 1. The molecule has 0 aromatic heterocycles. The van der Waals surface area contributed by atoms with E-state index in [1.165, 1.54) is 32.1 Å². The summed E-state index contributed by atoms with van der Waals surface area (Å²) in [5, 5.41) is 10.0. The van der Waals surface area contributed by atoms with Crippen LogP contribution in [0.3, 0.4) is 0 Å². The average molecular weight is 234 g/mol. The first-order valence-corrected chi connectivity index (χ1v) is 7.02. The van der Waals surface area contributed by atoms with Crippen molar-refractivity contribution < 1.29 is 5.11 Å². The Hall–Kier alpha value is -0.980. The quantitative estimate of drug-likeness (QED) is 0.695. The Balaban J connectivity index is 2.92. The van der Waals surface area contributed by atoms with Crippen LogP contribution in [0.1, 0.15) is 64.4 Å². The molecule has 0 saturated carbocycles. The zero-order chi connectivity index (χ0) is 12.7. The Morgan fingerprint density at radius 3 is 2.24 bits per heavy atom. The largest absolute Gasteiger partial charge is 0.508 e. The molecule has 1 heteroatoms. The van der Waals surface area contributed by atoms with Gasteiger partial charge in [-0.1, -0.05) is 64.7 Å². The molecular formula is C16H26O. The van der Waals surface area contributed by atoms with Crippen LogP contribution < -0.4 is 0 Å². The van der Waals surface area contributed by atoms with E-state index < -0.39 is 0 Å². The molecule has 0 radical (unpaired) electrons. The first kappa shape index (κ1) is 14.1. The lowest BCUT2D eigenvalue weighted by Crippen LogP contribution is -2.12. The zero-order valence-corrected chi connectivity index (χ0v) is 11.4. The number of para-hydroxylation sites is 1. The van der Waals surface area contributed by atoms with E-state index >= 15 is 0 Å². The van der Waals surface area contributed by atoms with E-state index in [9.17, 15) is 5.11 Å². The molecule has 96 valence electrons. The minimum atomic E-state index is 0.473. The lowest BCUT2D eigenvalue weighted by atomic mass is 9.79. The Labute approximate surface area is 106 Å². The number of hydrogen-bond donors (Lipinski definition) is 1. The van der Waals surface area contributed by atoms with E-state index in [4.69, 9.17) is 0 Å². The summed E-state index contributed by atoms with van der Waals surface area (Å²) in [4.78, 5) is 0. The predicted molar refractivity (Wildman–Crippen MR) is 74.4 cm³/mol. The SMILES string of the molecule is CCCCC(c1ccccc1O)C(CC)CC. The van der Waals surface area contributed by atoms with Gasteiger partial charge < -0.3 is 5.11 Å². The fraction of sp³-hybridized carbons (Fsp3) is 0.625. The van der Waals surface area contributed by atoms with E-state index in [0.29, 0.717) is 17.6 Å². The van der Waals surface area contributed by atoms with E-state index in [1.54, 1.807) is 0 Å². The highest BCUT2D eigenvalue weighted by Gasteiger charge is 2.22. The van der Waals surface area contributed by atoms with Crippen LogP contribution in [0.15, 0.2) is 24.3 Å². The van der Waals surface area contributed by atoms with Crippen LogP contribution in [0.25, 0.3) is 0 Å². The molecule has 1 N–H and O–H groups in total. The standard InChI is InChI=1S/C16H26O/c1-4-7-10-14(13(5-2)6-3)15-11-8-9-12-16(15)17/h8-9,11-14,17H,4-7,10H2,1-3H3. The van der Waals surface area contributed by atoms with Gasteiger partial charge in [0.2, 0.25) is 0 Å². The molecule has 1 aromatic carbocycles. The van der Waals surface area contributed by atoms with Gasteiger partial charge in [-0.25, -0.2) is 0 Å². The summed E-state index contributed by atoms with van der Waals surface area (Å²) in [5.41, 5.74) is 1.15. The van der Waals surface area contributed by atoms with Crippen LogP contribution in [0.2, 0.25) is 0 Å². The highest BCUT2D eigenvalue weighted by molar-refractivity contribution is 5.35. The lowest BCUT2D eigenvalue weighted by molar-refractivity contribution is 0.357. The van der Waals surface area contributed by atoms with Crippen LogP contribution in [-0.4, -0.2) is 5.11 Å². The second-order valence-corrected chi connectivity index (χ2v) is 4.88. The number of unbranched alkanes of at least 4 members (excludes halogenated alkanes) is 1. The summed E-state index contributed by atoms with van der Waals surface area (Å²) in [5.74, 6) is 1.68. The highest BCUT2D eigenvalue weighted by Crippen LogP contribution is 2.38. The Morgan fingerprint density at radius 1 is 1.06 bits per heavy atom. The van der Waals surface area contributed by atoms with Crippen LogP contribution in [0.5, 0.6) is 5.75 Å². The van der Waals surface area contributed by atoms with Gasteiger partial charge in [0, 0.05) is 0 Å². The third kappa shape index (κ3) is 3.76. The molecule has 1 atom stereocenters. The van der Waals surface area contributed by atoms with Crippen molar-refractivity contribution >= 4 is 0 Å². The predicted octanol–water partition coefficient (Wildman–Crippen LogP) is 5.10. The maximum atomic E-state index is 10.0. The van der Waals surface area contributed by atoms with Crippen molar-refractivity contribution in [2.75, 3.05) is 0 Å². The number of phenolic OH excluding ortho intramolecular Hbond substituents is 1. The van der Waals surface area contributed by atoms with Crippen molar-refractivity contribution in [3.8, 4) is 5.75 Å². The Bertz CT molecular complexity index is 315. The molecule has 1 nitrogen and oxygen atoms in total. The van der Waals surface area contributed by atoms with Crippen LogP contribution in [0.4, 0.5) is 0 Å².